The average molecular weight is 487 g/mol. The fraction of sp³-hybridized carbons (Fsp3) is 0.781. The number of rotatable bonds is 0. The number of allylic oxidation sites excluding steroid dienone is 3. The maximum atomic E-state index is 13.3. The Labute approximate surface area is 217 Å². The zero-order valence-corrected chi connectivity index (χ0v) is 23.2. The van der Waals surface area contributed by atoms with E-state index in [1.54, 1.807) is 0 Å². The molecule has 0 aromatic carbocycles. The highest BCUT2D eigenvalue weighted by molar-refractivity contribution is 6.04. The molecule has 4 fully saturated rings. The van der Waals surface area contributed by atoms with Crippen molar-refractivity contribution in [2.45, 2.75) is 106 Å². The summed E-state index contributed by atoms with van der Waals surface area (Å²) in [6.45, 7) is 16.2. The number of fused-ring (bicyclic) bond motifs is 9. The van der Waals surface area contributed by atoms with Crippen molar-refractivity contribution in [3.8, 4) is 12.1 Å². The van der Waals surface area contributed by atoms with E-state index in [9.17, 15) is 15.3 Å². The highest BCUT2D eigenvalue weighted by Gasteiger charge is 2.72. The molecule has 192 valence electrons. The molecule has 4 nitrogen and oxygen atoms in total. The zero-order chi connectivity index (χ0) is 26.1. The summed E-state index contributed by atoms with van der Waals surface area (Å²) in [5.41, 5.74) is 0.775. The van der Waals surface area contributed by atoms with Crippen LogP contribution in [0.4, 0.5) is 0 Å². The van der Waals surface area contributed by atoms with Crippen molar-refractivity contribution in [1.82, 2.24) is 0 Å². The molecular formula is C32H42N2O2. The molecule has 6 rings (SSSR count). The van der Waals surface area contributed by atoms with E-state index in [1.807, 2.05) is 6.08 Å². The van der Waals surface area contributed by atoms with Crippen LogP contribution in [0.15, 0.2) is 23.3 Å². The molecule has 4 heteroatoms. The minimum atomic E-state index is -0.566. The standard InChI is InChI=1S/C32H42N2O2/c1-27(2)10-12-32(18-34)13-11-31(7)24(20(32)16-27)25-21(36-25)14-23-29(5)15-19(17-33)26(35)28(3,4)22(29)8-9-30(23,31)6/h14-15,20-22,24-25H,8-13,16H2,1-7H3. The van der Waals surface area contributed by atoms with Crippen LogP contribution in [-0.2, 0) is 9.53 Å². The number of ketones is 1. The summed E-state index contributed by atoms with van der Waals surface area (Å²) in [5.74, 6) is 0.870. The van der Waals surface area contributed by atoms with Gasteiger partial charge in [0.1, 0.15) is 12.2 Å². The van der Waals surface area contributed by atoms with E-state index in [4.69, 9.17) is 4.74 Å². The molecule has 0 amide bonds. The van der Waals surface area contributed by atoms with Crippen molar-refractivity contribution in [3.05, 3.63) is 23.3 Å². The first kappa shape index (κ1) is 24.4. The molecule has 0 aromatic rings. The van der Waals surface area contributed by atoms with E-state index in [0.717, 1.165) is 44.9 Å². The number of Topliss-reactive ketones (excluding diaryl/α,β-unsaturated/α-hetero) is 1. The topological polar surface area (TPSA) is 77.2 Å². The van der Waals surface area contributed by atoms with E-state index in [0.29, 0.717) is 17.4 Å². The lowest BCUT2D eigenvalue weighted by atomic mass is 9.36. The number of nitriles is 2. The van der Waals surface area contributed by atoms with Gasteiger partial charge in [-0.25, -0.2) is 0 Å². The molecule has 9 unspecified atom stereocenters. The number of nitrogens with zero attached hydrogens (tertiary/aromatic N) is 2. The zero-order valence-electron chi connectivity index (χ0n) is 23.2. The van der Waals surface area contributed by atoms with Crippen molar-refractivity contribution in [2.75, 3.05) is 0 Å². The average Bonchev–Trinajstić information content (AvgIpc) is 3.57. The van der Waals surface area contributed by atoms with Gasteiger partial charge in [-0.1, -0.05) is 66.2 Å². The second-order valence-electron chi connectivity index (χ2n) is 15.3. The molecule has 9 atom stereocenters. The molecule has 1 heterocycles. The number of hydrogen-bond donors (Lipinski definition) is 0. The van der Waals surface area contributed by atoms with Crippen LogP contribution >= 0.6 is 0 Å². The molecule has 0 N–H and O–H groups in total. The molecule has 6 aliphatic rings. The van der Waals surface area contributed by atoms with Gasteiger partial charge < -0.3 is 4.74 Å². The first-order chi connectivity index (χ1) is 16.7. The first-order valence-electron chi connectivity index (χ1n) is 14.2. The summed E-state index contributed by atoms with van der Waals surface area (Å²) in [5, 5.41) is 20.5. The van der Waals surface area contributed by atoms with Gasteiger partial charge in [0.15, 0.2) is 5.78 Å². The largest absolute Gasteiger partial charge is 0.365 e. The summed E-state index contributed by atoms with van der Waals surface area (Å²) < 4.78 is 6.51. The van der Waals surface area contributed by atoms with Crippen molar-refractivity contribution in [1.29, 1.82) is 10.5 Å². The predicted octanol–water partition coefficient (Wildman–Crippen LogP) is 6.93. The van der Waals surface area contributed by atoms with Crippen molar-refractivity contribution in [3.63, 3.8) is 0 Å². The second-order valence-corrected chi connectivity index (χ2v) is 15.3. The van der Waals surface area contributed by atoms with E-state index in [2.05, 4.69) is 66.7 Å². The van der Waals surface area contributed by atoms with Crippen molar-refractivity contribution < 1.29 is 9.53 Å². The Bertz CT molecular complexity index is 1200. The van der Waals surface area contributed by atoms with Crippen LogP contribution in [0.1, 0.15) is 93.4 Å². The van der Waals surface area contributed by atoms with Crippen molar-refractivity contribution >= 4 is 5.78 Å². The van der Waals surface area contributed by atoms with Gasteiger partial charge in [0.05, 0.1) is 23.2 Å². The predicted molar refractivity (Wildman–Crippen MR) is 138 cm³/mol. The Hall–Kier alpha value is -1.91. The Morgan fingerprint density at radius 3 is 2.33 bits per heavy atom. The SMILES string of the molecule is CC1(C)CCC2(C#N)CCC3(C)C(C4OC4C=C4C5(C)C=C(C#N)C(=O)C(C)(C)C5CCC43C)C2C1. The second kappa shape index (κ2) is 6.94. The van der Waals surface area contributed by atoms with Crippen LogP contribution in [0.5, 0.6) is 0 Å². The van der Waals surface area contributed by atoms with Gasteiger partial charge in [0.2, 0.25) is 0 Å². The highest BCUT2D eigenvalue weighted by atomic mass is 16.6. The summed E-state index contributed by atoms with van der Waals surface area (Å²) in [4.78, 5) is 13.3. The van der Waals surface area contributed by atoms with Gasteiger partial charge in [-0.05, 0) is 78.9 Å². The molecule has 3 saturated carbocycles. The number of epoxide rings is 1. The molecule has 1 aliphatic heterocycles. The van der Waals surface area contributed by atoms with Gasteiger partial charge in [-0.2, -0.15) is 10.5 Å². The number of carbonyl (C=O) groups is 1. The lowest BCUT2D eigenvalue weighted by Gasteiger charge is -2.66. The molecule has 0 spiro atoms. The Balaban J connectivity index is 1.52. The lowest BCUT2D eigenvalue weighted by molar-refractivity contribution is -0.147. The maximum Gasteiger partial charge on any atom is 0.178 e. The molecule has 0 aromatic heterocycles. The smallest absolute Gasteiger partial charge is 0.178 e. The first-order valence-corrected chi connectivity index (χ1v) is 14.2. The highest BCUT2D eigenvalue weighted by Crippen LogP contribution is 2.75. The lowest BCUT2D eigenvalue weighted by Crippen LogP contribution is -2.61. The minimum absolute atomic E-state index is 0.00385. The summed E-state index contributed by atoms with van der Waals surface area (Å²) >= 11 is 0. The fourth-order valence-electron chi connectivity index (χ4n) is 10.5. The summed E-state index contributed by atoms with van der Waals surface area (Å²) in [7, 11) is 0. The minimum Gasteiger partial charge on any atom is -0.365 e. The summed E-state index contributed by atoms with van der Waals surface area (Å²) in [6.07, 6.45) is 12.0. The fourth-order valence-corrected chi connectivity index (χ4v) is 10.5. The van der Waals surface area contributed by atoms with Crippen LogP contribution in [0.3, 0.4) is 0 Å². The van der Waals surface area contributed by atoms with Crippen LogP contribution in [0.2, 0.25) is 0 Å². The van der Waals surface area contributed by atoms with Crippen LogP contribution < -0.4 is 0 Å². The van der Waals surface area contributed by atoms with Gasteiger partial charge in [-0.15, -0.1) is 0 Å². The molecule has 36 heavy (non-hydrogen) atoms. The third kappa shape index (κ3) is 2.76. The Morgan fingerprint density at radius 1 is 0.972 bits per heavy atom. The van der Waals surface area contributed by atoms with Crippen LogP contribution in [0.25, 0.3) is 0 Å². The van der Waals surface area contributed by atoms with Crippen molar-refractivity contribution in [2.24, 2.45) is 50.2 Å². The third-order valence-electron chi connectivity index (χ3n) is 12.8. The molecule has 5 aliphatic carbocycles. The van der Waals surface area contributed by atoms with E-state index in [1.165, 1.54) is 5.57 Å². The Morgan fingerprint density at radius 2 is 1.67 bits per heavy atom. The summed E-state index contributed by atoms with van der Waals surface area (Å²) in [6, 6.07) is 5.13. The number of carbonyl (C=O) groups excluding carboxylic acids is 1. The van der Waals surface area contributed by atoms with E-state index >= 15 is 0 Å². The van der Waals surface area contributed by atoms with E-state index < -0.39 is 5.41 Å². The number of ether oxygens (including phenoxy) is 1. The maximum absolute atomic E-state index is 13.3. The molecule has 1 saturated heterocycles. The van der Waals surface area contributed by atoms with E-state index in [-0.39, 0.29) is 51.0 Å². The van der Waals surface area contributed by atoms with Gasteiger partial charge in [-0.3, -0.25) is 4.79 Å². The van der Waals surface area contributed by atoms with Gasteiger partial charge >= 0.3 is 0 Å². The van der Waals surface area contributed by atoms with Crippen LogP contribution in [-0.4, -0.2) is 18.0 Å². The monoisotopic (exact) mass is 486 g/mol. The normalized spacial score (nSPS) is 51.8. The molecule has 0 bridgehead atoms. The number of hydrogen-bond acceptors (Lipinski definition) is 4. The third-order valence-corrected chi connectivity index (χ3v) is 12.8. The molecule has 0 radical (unpaired) electrons. The van der Waals surface area contributed by atoms with Crippen LogP contribution in [0, 0.1) is 72.9 Å². The quantitative estimate of drug-likeness (QED) is 0.275. The molecular weight excluding hydrogens is 444 g/mol. The van der Waals surface area contributed by atoms with Gasteiger partial charge in [0.25, 0.3) is 0 Å². The Kier molecular flexibility index (Phi) is 4.71. The van der Waals surface area contributed by atoms with Gasteiger partial charge in [0, 0.05) is 10.8 Å².